The van der Waals surface area contributed by atoms with Gasteiger partial charge >= 0.3 is 0 Å². The molecule has 1 aromatic heterocycles. The van der Waals surface area contributed by atoms with Crippen LogP contribution in [0.15, 0.2) is 35.0 Å². The zero-order valence-electron chi connectivity index (χ0n) is 11.3. The zero-order valence-corrected chi connectivity index (χ0v) is 11.3. The van der Waals surface area contributed by atoms with E-state index in [-0.39, 0.29) is 5.78 Å². The maximum atomic E-state index is 11.4. The molecule has 0 aliphatic heterocycles. The molecule has 0 aliphatic carbocycles. The van der Waals surface area contributed by atoms with Gasteiger partial charge in [-0.05, 0) is 37.1 Å². The van der Waals surface area contributed by atoms with E-state index in [2.05, 4.69) is 19.0 Å². The van der Waals surface area contributed by atoms with Crippen LogP contribution >= 0.6 is 0 Å². The van der Waals surface area contributed by atoms with Gasteiger partial charge in [0, 0.05) is 5.56 Å². The number of Topliss-reactive ketones (excluding diaryl/α,β-unsaturated/α-hetero) is 1. The van der Waals surface area contributed by atoms with Gasteiger partial charge in [0.1, 0.15) is 5.75 Å². The molecule has 1 aromatic carbocycles. The molecular formula is C15H17NO3. The van der Waals surface area contributed by atoms with Crippen molar-refractivity contribution in [2.75, 3.05) is 6.61 Å². The summed E-state index contributed by atoms with van der Waals surface area (Å²) in [7, 11) is 0. The molecule has 0 N–H and O–H groups in total. The van der Waals surface area contributed by atoms with Gasteiger partial charge in [-0.1, -0.05) is 19.0 Å². The highest BCUT2D eigenvalue weighted by molar-refractivity contribution is 5.99. The number of hydrogen-bond donors (Lipinski definition) is 0. The molecule has 0 spiro atoms. The molecule has 0 atom stereocenters. The fraction of sp³-hybridized carbons (Fsp3) is 0.333. The van der Waals surface area contributed by atoms with Crippen molar-refractivity contribution in [1.29, 1.82) is 0 Å². The predicted octanol–water partition coefficient (Wildman–Crippen LogP) is 3.58. The van der Waals surface area contributed by atoms with Crippen molar-refractivity contribution in [3.05, 3.63) is 36.0 Å². The lowest BCUT2D eigenvalue weighted by Gasteiger charge is -2.08. The number of aromatic nitrogens is 1. The lowest BCUT2D eigenvalue weighted by Crippen LogP contribution is -2.04. The lowest BCUT2D eigenvalue weighted by atomic mass is 10.1. The van der Waals surface area contributed by atoms with Crippen molar-refractivity contribution in [3.63, 3.8) is 0 Å². The molecule has 19 heavy (non-hydrogen) atoms. The molecule has 0 fully saturated rings. The van der Waals surface area contributed by atoms with Gasteiger partial charge in [-0.3, -0.25) is 4.79 Å². The molecule has 0 saturated heterocycles. The second-order valence-corrected chi connectivity index (χ2v) is 4.85. The van der Waals surface area contributed by atoms with Crippen LogP contribution < -0.4 is 4.74 Å². The van der Waals surface area contributed by atoms with Crippen LogP contribution in [0.2, 0.25) is 0 Å². The first-order valence-electron chi connectivity index (χ1n) is 6.26. The third-order valence-corrected chi connectivity index (χ3v) is 2.65. The Balaban J connectivity index is 2.18. The normalized spacial score (nSPS) is 10.7. The number of carbonyl (C=O) groups excluding carboxylic acids is 1. The van der Waals surface area contributed by atoms with Crippen LogP contribution in [0.3, 0.4) is 0 Å². The van der Waals surface area contributed by atoms with E-state index in [1.54, 1.807) is 0 Å². The standard InChI is InChI=1S/C15H17NO3/c1-10(2)9-18-13-6-4-12(5-7-13)15-14(11(3)17)8-16-19-15/h4-8,10H,9H2,1-3H3. The first-order valence-corrected chi connectivity index (χ1v) is 6.26. The molecule has 4 nitrogen and oxygen atoms in total. The second-order valence-electron chi connectivity index (χ2n) is 4.85. The van der Waals surface area contributed by atoms with Gasteiger partial charge in [0.2, 0.25) is 0 Å². The summed E-state index contributed by atoms with van der Waals surface area (Å²) in [6, 6.07) is 7.46. The van der Waals surface area contributed by atoms with Crippen LogP contribution in [0, 0.1) is 5.92 Å². The molecule has 0 aliphatic rings. The largest absolute Gasteiger partial charge is 0.493 e. The quantitative estimate of drug-likeness (QED) is 0.770. The Bertz CT molecular complexity index is 555. The number of ketones is 1. The molecule has 4 heteroatoms. The van der Waals surface area contributed by atoms with Crippen LogP contribution in [0.25, 0.3) is 11.3 Å². The van der Waals surface area contributed by atoms with Crippen LogP contribution in [-0.4, -0.2) is 17.5 Å². The van der Waals surface area contributed by atoms with Crippen LogP contribution in [0.4, 0.5) is 0 Å². The van der Waals surface area contributed by atoms with Crippen LogP contribution in [0.5, 0.6) is 5.75 Å². The van der Waals surface area contributed by atoms with Crippen molar-refractivity contribution in [1.82, 2.24) is 5.16 Å². The third-order valence-electron chi connectivity index (χ3n) is 2.65. The van der Waals surface area contributed by atoms with E-state index >= 15 is 0 Å². The Morgan fingerprint density at radius 1 is 1.32 bits per heavy atom. The minimum atomic E-state index is -0.0589. The van der Waals surface area contributed by atoms with Crippen molar-refractivity contribution >= 4 is 5.78 Å². The third kappa shape index (κ3) is 3.22. The van der Waals surface area contributed by atoms with Gasteiger partial charge in [-0.2, -0.15) is 0 Å². The highest BCUT2D eigenvalue weighted by atomic mass is 16.5. The Morgan fingerprint density at radius 3 is 2.58 bits per heavy atom. The summed E-state index contributed by atoms with van der Waals surface area (Å²) in [4.78, 5) is 11.4. The molecule has 2 aromatic rings. The number of benzene rings is 1. The zero-order chi connectivity index (χ0) is 13.8. The van der Waals surface area contributed by atoms with E-state index in [4.69, 9.17) is 9.26 Å². The van der Waals surface area contributed by atoms with E-state index in [0.717, 1.165) is 11.3 Å². The predicted molar refractivity (Wildman–Crippen MR) is 72.3 cm³/mol. The summed E-state index contributed by atoms with van der Waals surface area (Å²) in [5, 5.41) is 3.67. The van der Waals surface area contributed by atoms with Gasteiger partial charge in [0.25, 0.3) is 0 Å². The topological polar surface area (TPSA) is 52.3 Å². The minimum absolute atomic E-state index is 0.0589. The van der Waals surface area contributed by atoms with Crippen molar-refractivity contribution < 1.29 is 14.1 Å². The van der Waals surface area contributed by atoms with Crippen LogP contribution in [0.1, 0.15) is 31.1 Å². The highest BCUT2D eigenvalue weighted by Gasteiger charge is 2.14. The Morgan fingerprint density at radius 2 is 2.00 bits per heavy atom. The molecule has 0 amide bonds. The van der Waals surface area contributed by atoms with Gasteiger partial charge in [0.05, 0.1) is 18.4 Å². The first-order chi connectivity index (χ1) is 9.08. The molecule has 1 heterocycles. The molecule has 2 rings (SSSR count). The van der Waals surface area contributed by atoms with E-state index in [9.17, 15) is 4.79 Å². The number of hydrogen-bond acceptors (Lipinski definition) is 4. The van der Waals surface area contributed by atoms with E-state index < -0.39 is 0 Å². The monoisotopic (exact) mass is 259 g/mol. The Kier molecular flexibility index (Phi) is 4.00. The van der Waals surface area contributed by atoms with Crippen LogP contribution in [-0.2, 0) is 0 Å². The first kappa shape index (κ1) is 13.3. The Labute approximate surface area is 112 Å². The van der Waals surface area contributed by atoms with Gasteiger partial charge < -0.3 is 9.26 Å². The van der Waals surface area contributed by atoms with Gasteiger partial charge in [-0.15, -0.1) is 0 Å². The average Bonchev–Trinajstić information content (AvgIpc) is 2.86. The lowest BCUT2D eigenvalue weighted by molar-refractivity contribution is 0.101. The number of ether oxygens (including phenoxy) is 1. The fourth-order valence-electron chi connectivity index (χ4n) is 1.66. The van der Waals surface area contributed by atoms with Crippen molar-refractivity contribution in [3.8, 4) is 17.1 Å². The molecular weight excluding hydrogens is 242 g/mol. The fourth-order valence-corrected chi connectivity index (χ4v) is 1.66. The van der Waals surface area contributed by atoms with E-state index in [1.165, 1.54) is 13.1 Å². The second kappa shape index (κ2) is 5.69. The van der Waals surface area contributed by atoms with Crippen molar-refractivity contribution in [2.24, 2.45) is 5.92 Å². The summed E-state index contributed by atoms with van der Waals surface area (Å²) in [5.74, 6) is 1.74. The summed E-state index contributed by atoms with van der Waals surface area (Å²) in [6.45, 7) is 6.38. The molecule has 100 valence electrons. The molecule has 0 radical (unpaired) electrons. The summed E-state index contributed by atoms with van der Waals surface area (Å²) < 4.78 is 10.7. The summed E-state index contributed by atoms with van der Waals surface area (Å²) in [5.41, 5.74) is 1.32. The maximum Gasteiger partial charge on any atom is 0.177 e. The van der Waals surface area contributed by atoms with Gasteiger partial charge in [0.15, 0.2) is 11.5 Å². The maximum absolute atomic E-state index is 11.4. The van der Waals surface area contributed by atoms with Gasteiger partial charge in [-0.25, -0.2) is 0 Å². The van der Waals surface area contributed by atoms with E-state index in [0.29, 0.717) is 23.8 Å². The SMILES string of the molecule is CC(=O)c1cnoc1-c1ccc(OCC(C)C)cc1. The summed E-state index contributed by atoms with van der Waals surface area (Å²) in [6.07, 6.45) is 1.45. The average molecular weight is 259 g/mol. The number of rotatable bonds is 5. The highest BCUT2D eigenvalue weighted by Crippen LogP contribution is 2.26. The van der Waals surface area contributed by atoms with Crippen molar-refractivity contribution in [2.45, 2.75) is 20.8 Å². The molecule has 0 saturated carbocycles. The molecule has 0 bridgehead atoms. The van der Waals surface area contributed by atoms with E-state index in [1.807, 2.05) is 24.3 Å². The molecule has 0 unspecified atom stereocenters. The Hall–Kier alpha value is -2.10. The number of carbonyl (C=O) groups is 1. The number of nitrogens with zero attached hydrogens (tertiary/aromatic N) is 1. The smallest absolute Gasteiger partial charge is 0.177 e. The summed E-state index contributed by atoms with van der Waals surface area (Å²) >= 11 is 0. The minimum Gasteiger partial charge on any atom is -0.493 e.